The lowest BCUT2D eigenvalue weighted by atomic mass is 10.1. The number of benzene rings is 2. The van der Waals surface area contributed by atoms with E-state index in [4.69, 9.17) is 4.74 Å². The minimum Gasteiger partial charge on any atom is -0.467 e. The maximum absolute atomic E-state index is 13.1. The van der Waals surface area contributed by atoms with Gasteiger partial charge in [-0.3, -0.25) is 9.48 Å². The highest BCUT2D eigenvalue weighted by Gasteiger charge is 2.25. The maximum atomic E-state index is 13.1. The van der Waals surface area contributed by atoms with Crippen LogP contribution in [-0.2, 0) is 16.1 Å². The SMILES string of the molecule is COC(=O)[C@H](CCSC)NC(=O)c1cn(Cc2ccccc2)nc1-c1ccccc1. The van der Waals surface area contributed by atoms with Crippen molar-refractivity contribution >= 4 is 23.6 Å². The Kier molecular flexibility index (Phi) is 7.68. The number of carbonyl (C=O) groups excluding carboxylic acids is 2. The van der Waals surface area contributed by atoms with E-state index in [-0.39, 0.29) is 5.91 Å². The van der Waals surface area contributed by atoms with Crippen molar-refractivity contribution in [1.82, 2.24) is 15.1 Å². The molecule has 1 atom stereocenters. The van der Waals surface area contributed by atoms with Crippen LogP contribution in [0.4, 0.5) is 0 Å². The fraction of sp³-hybridized carbons (Fsp3) is 0.261. The summed E-state index contributed by atoms with van der Waals surface area (Å²) in [6.07, 6.45) is 4.18. The Morgan fingerprint density at radius 3 is 2.40 bits per heavy atom. The van der Waals surface area contributed by atoms with Gasteiger partial charge in [-0.25, -0.2) is 4.79 Å². The van der Waals surface area contributed by atoms with Gasteiger partial charge < -0.3 is 10.1 Å². The van der Waals surface area contributed by atoms with Crippen molar-refractivity contribution in [2.45, 2.75) is 19.0 Å². The number of carbonyl (C=O) groups is 2. The number of hydrogen-bond donors (Lipinski definition) is 1. The van der Waals surface area contributed by atoms with Gasteiger partial charge in [0.15, 0.2) is 0 Å². The molecule has 156 valence electrons. The molecule has 1 aromatic heterocycles. The average molecular weight is 424 g/mol. The van der Waals surface area contributed by atoms with E-state index in [9.17, 15) is 9.59 Å². The first-order chi connectivity index (χ1) is 14.6. The van der Waals surface area contributed by atoms with Gasteiger partial charge in [0, 0.05) is 11.8 Å². The molecule has 1 N–H and O–H groups in total. The third kappa shape index (κ3) is 5.51. The largest absolute Gasteiger partial charge is 0.467 e. The lowest BCUT2D eigenvalue weighted by molar-refractivity contribution is -0.142. The molecule has 1 heterocycles. The van der Waals surface area contributed by atoms with Gasteiger partial charge in [-0.2, -0.15) is 16.9 Å². The monoisotopic (exact) mass is 423 g/mol. The quantitative estimate of drug-likeness (QED) is 0.532. The Hall–Kier alpha value is -3.06. The lowest BCUT2D eigenvalue weighted by Gasteiger charge is -2.16. The fourth-order valence-electron chi connectivity index (χ4n) is 3.11. The summed E-state index contributed by atoms with van der Waals surface area (Å²) in [7, 11) is 1.33. The Morgan fingerprint density at radius 2 is 1.77 bits per heavy atom. The molecule has 0 saturated carbocycles. The first-order valence-electron chi connectivity index (χ1n) is 9.66. The summed E-state index contributed by atoms with van der Waals surface area (Å²) in [6, 6.07) is 18.8. The van der Waals surface area contributed by atoms with Crippen molar-refractivity contribution in [1.29, 1.82) is 0 Å². The summed E-state index contributed by atoms with van der Waals surface area (Å²) in [4.78, 5) is 25.2. The number of nitrogens with zero attached hydrogens (tertiary/aromatic N) is 2. The van der Waals surface area contributed by atoms with Crippen molar-refractivity contribution in [3.05, 3.63) is 78.0 Å². The minimum absolute atomic E-state index is 0.343. The van der Waals surface area contributed by atoms with Crippen molar-refractivity contribution in [2.75, 3.05) is 19.1 Å². The number of ether oxygens (including phenoxy) is 1. The summed E-state index contributed by atoms with van der Waals surface area (Å²) in [5, 5.41) is 7.49. The molecule has 2 aromatic carbocycles. The van der Waals surface area contributed by atoms with Crippen molar-refractivity contribution in [3.63, 3.8) is 0 Å². The minimum atomic E-state index is -0.698. The van der Waals surface area contributed by atoms with Crippen molar-refractivity contribution < 1.29 is 14.3 Å². The van der Waals surface area contributed by atoms with Crippen molar-refractivity contribution in [2.24, 2.45) is 0 Å². The van der Waals surface area contributed by atoms with Crippen LogP contribution in [0.3, 0.4) is 0 Å². The van der Waals surface area contributed by atoms with Crippen LogP contribution < -0.4 is 5.32 Å². The summed E-state index contributed by atoms with van der Waals surface area (Å²) in [6.45, 7) is 0.543. The van der Waals surface area contributed by atoms with E-state index in [1.807, 2.05) is 66.9 Å². The van der Waals surface area contributed by atoms with Crippen LogP contribution in [0.1, 0.15) is 22.3 Å². The first-order valence-corrected chi connectivity index (χ1v) is 11.1. The topological polar surface area (TPSA) is 73.2 Å². The van der Waals surface area contributed by atoms with Gasteiger partial charge in [-0.1, -0.05) is 60.7 Å². The molecular weight excluding hydrogens is 398 g/mol. The molecule has 0 fully saturated rings. The molecule has 30 heavy (non-hydrogen) atoms. The number of thioether (sulfide) groups is 1. The molecule has 7 heteroatoms. The number of aromatic nitrogens is 2. The van der Waals surface area contributed by atoms with Crippen LogP contribution in [0.5, 0.6) is 0 Å². The molecule has 0 aliphatic carbocycles. The molecule has 0 unspecified atom stereocenters. The highest BCUT2D eigenvalue weighted by molar-refractivity contribution is 7.98. The van der Waals surface area contributed by atoms with E-state index in [0.29, 0.717) is 24.2 Å². The normalized spacial score (nSPS) is 11.7. The molecule has 0 aliphatic heterocycles. The summed E-state index contributed by atoms with van der Waals surface area (Å²) in [5.41, 5.74) is 2.93. The van der Waals surface area contributed by atoms with Crippen LogP contribution >= 0.6 is 11.8 Å². The van der Waals surface area contributed by atoms with Crippen LogP contribution in [0.2, 0.25) is 0 Å². The van der Waals surface area contributed by atoms with E-state index < -0.39 is 12.0 Å². The molecule has 0 spiro atoms. The molecule has 0 aliphatic rings. The van der Waals surface area contributed by atoms with E-state index >= 15 is 0 Å². The molecule has 6 nitrogen and oxygen atoms in total. The highest BCUT2D eigenvalue weighted by atomic mass is 32.2. The number of hydrogen-bond acceptors (Lipinski definition) is 5. The molecule has 0 bridgehead atoms. The van der Waals surface area contributed by atoms with E-state index in [1.54, 1.807) is 22.6 Å². The van der Waals surface area contributed by atoms with Crippen LogP contribution in [0.15, 0.2) is 66.9 Å². The summed E-state index contributed by atoms with van der Waals surface area (Å²) < 4.78 is 6.61. The fourth-order valence-corrected chi connectivity index (χ4v) is 3.58. The Bertz CT molecular complexity index is 974. The van der Waals surface area contributed by atoms with Gasteiger partial charge in [0.2, 0.25) is 0 Å². The number of esters is 1. The van der Waals surface area contributed by atoms with E-state index in [2.05, 4.69) is 10.4 Å². The molecule has 0 saturated heterocycles. The van der Waals surface area contributed by atoms with E-state index in [1.165, 1.54) is 7.11 Å². The number of amides is 1. The Morgan fingerprint density at radius 1 is 1.10 bits per heavy atom. The first kappa shape index (κ1) is 21.6. The second-order valence-electron chi connectivity index (χ2n) is 6.77. The maximum Gasteiger partial charge on any atom is 0.328 e. The molecule has 0 radical (unpaired) electrons. The zero-order valence-electron chi connectivity index (χ0n) is 17.1. The van der Waals surface area contributed by atoms with Gasteiger partial charge in [0.25, 0.3) is 5.91 Å². The predicted octanol–water partition coefficient (Wildman–Crippen LogP) is 3.62. The third-order valence-electron chi connectivity index (χ3n) is 4.64. The van der Waals surface area contributed by atoms with Gasteiger partial charge in [-0.05, 0) is 24.0 Å². The van der Waals surface area contributed by atoms with Crippen LogP contribution in [0, 0.1) is 0 Å². The average Bonchev–Trinajstić information content (AvgIpc) is 3.21. The number of methoxy groups -OCH3 is 1. The smallest absolute Gasteiger partial charge is 0.328 e. The third-order valence-corrected chi connectivity index (χ3v) is 5.29. The van der Waals surface area contributed by atoms with Gasteiger partial charge >= 0.3 is 5.97 Å². The molecule has 1 amide bonds. The van der Waals surface area contributed by atoms with E-state index in [0.717, 1.165) is 16.9 Å². The number of nitrogens with one attached hydrogen (secondary N) is 1. The zero-order chi connectivity index (χ0) is 21.3. The molecule has 3 rings (SSSR count). The van der Waals surface area contributed by atoms with Crippen LogP contribution in [-0.4, -0.2) is 46.8 Å². The van der Waals surface area contributed by atoms with Gasteiger partial charge in [0.05, 0.1) is 19.2 Å². The Balaban J connectivity index is 1.90. The lowest BCUT2D eigenvalue weighted by Crippen LogP contribution is -2.42. The summed E-state index contributed by atoms with van der Waals surface area (Å²) in [5.74, 6) is -0.0567. The summed E-state index contributed by atoms with van der Waals surface area (Å²) >= 11 is 1.61. The highest BCUT2D eigenvalue weighted by Crippen LogP contribution is 2.23. The van der Waals surface area contributed by atoms with Crippen molar-refractivity contribution in [3.8, 4) is 11.3 Å². The van der Waals surface area contributed by atoms with Gasteiger partial charge in [0.1, 0.15) is 11.7 Å². The standard InChI is InChI=1S/C23H25N3O3S/c1-29-23(28)20(13-14-30-2)24-22(27)19-16-26(15-17-9-5-3-6-10-17)25-21(19)18-11-7-4-8-12-18/h3-12,16,20H,13-15H2,1-2H3,(H,24,27)/t20-/m0/s1. The van der Waals surface area contributed by atoms with Crippen LogP contribution in [0.25, 0.3) is 11.3 Å². The molecule has 3 aromatic rings. The second kappa shape index (κ2) is 10.6. The predicted molar refractivity (Wildman–Crippen MR) is 119 cm³/mol. The van der Waals surface area contributed by atoms with Gasteiger partial charge in [-0.15, -0.1) is 0 Å². The molecular formula is C23H25N3O3S. The Labute approximate surface area is 180 Å². The number of rotatable bonds is 9. The zero-order valence-corrected chi connectivity index (χ0v) is 17.9. The second-order valence-corrected chi connectivity index (χ2v) is 7.76.